The predicted molar refractivity (Wildman–Crippen MR) is 107 cm³/mol. The summed E-state index contributed by atoms with van der Waals surface area (Å²) in [6.07, 6.45) is -0.983. The van der Waals surface area contributed by atoms with Gasteiger partial charge in [-0.15, -0.1) is 0 Å². The third-order valence-electron chi connectivity index (χ3n) is 4.74. The van der Waals surface area contributed by atoms with Gasteiger partial charge in [-0.3, -0.25) is 9.59 Å². The molecule has 0 aromatic heterocycles. The number of hydrogen-bond acceptors (Lipinski definition) is 4. The van der Waals surface area contributed by atoms with Gasteiger partial charge in [0.2, 0.25) is 11.8 Å². The number of carbonyl (C=O) groups excluding carboxylic acids is 3. The van der Waals surface area contributed by atoms with Crippen LogP contribution in [0.1, 0.15) is 46.1 Å². The molecule has 0 radical (unpaired) electrons. The van der Waals surface area contributed by atoms with Crippen molar-refractivity contribution in [3.05, 3.63) is 35.1 Å². The molecule has 172 valence electrons. The molecule has 1 aromatic carbocycles. The first-order valence-corrected chi connectivity index (χ1v) is 10.1. The zero-order valence-electron chi connectivity index (χ0n) is 18.1. The van der Waals surface area contributed by atoms with Crippen LogP contribution in [0.3, 0.4) is 0 Å². The van der Waals surface area contributed by atoms with Crippen LogP contribution in [0.5, 0.6) is 0 Å². The Kier molecular flexibility index (Phi) is 7.91. The van der Waals surface area contributed by atoms with Crippen molar-refractivity contribution in [2.45, 2.75) is 64.6 Å². The summed E-state index contributed by atoms with van der Waals surface area (Å²) in [6, 6.07) is -0.506. The topological polar surface area (TPSA) is 87.7 Å². The van der Waals surface area contributed by atoms with Gasteiger partial charge in [-0.05, 0) is 45.2 Å². The number of amides is 3. The summed E-state index contributed by atoms with van der Waals surface area (Å²) >= 11 is 0. The van der Waals surface area contributed by atoms with Crippen LogP contribution in [0.15, 0.2) is 12.1 Å². The highest BCUT2D eigenvalue weighted by Crippen LogP contribution is 2.19. The summed E-state index contributed by atoms with van der Waals surface area (Å²) in [7, 11) is 0. The minimum atomic E-state index is -1.33. The third kappa shape index (κ3) is 6.86. The van der Waals surface area contributed by atoms with Crippen molar-refractivity contribution < 1.29 is 32.3 Å². The van der Waals surface area contributed by atoms with E-state index in [0.29, 0.717) is 31.6 Å². The molecule has 1 saturated heterocycles. The Balaban J connectivity index is 2.22. The molecule has 1 fully saturated rings. The van der Waals surface area contributed by atoms with Crippen LogP contribution in [-0.2, 0) is 20.7 Å². The number of hydrogen-bond donors (Lipinski definition) is 2. The molecule has 31 heavy (non-hydrogen) atoms. The van der Waals surface area contributed by atoms with E-state index in [0.717, 1.165) is 0 Å². The maximum atomic E-state index is 14.2. The van der Waals surface area contributed by atoms with E-state index >= 15 is 0 Å². The Bertz CT molecular complexity index is 842. The maximum Gasteiger partial charge on any atom is 0.407 e. The Morgan fingerprint density at radius 1 is 1.23 bits per heavy atom. The van der Waals surface area contributed by atoms with Crippen LogP contribution >= 0.6 is 0 Å². The van der Waals surface area contributed by atoms with Gasteiger partial charge in [0.1, 0.15) is 17.5 Å². The molecule has 2 atom stereocenters. The number of benzene rings is 1. The van der Waals surface area contributed by atoms with Crippen LogP contribution in [-0.4, -0.2) is 53.6 Å². The lowest BCUT2D eigenvalue weighted by Crippen LogP contribution is -2.57. The van der Waals surface area contributed by atoms with Crippen molar-refractivity contribution in [3.8, 4) is 0 Å². The van der Waals surface area contributed by atoms with Gasteiger partial charge in [-0.1, -0.05) is 6.92 Å². The van der Waals surface area contributed by atoms with Gasteiger partial charge in [0.05, 0.1) is 0 Å². The Morgan fingerprint density at radius 3 is 2.48 bits per heavy atom. The molecular formula is C21H28F3N3O4. The summed E-state index contributed by atoms with van der Waals surface area (Å²) in [5.41, 5.74) is -1.01. The molecule has 0 spiro atoms. The van der Waals surface area contributed by atoms with Crippen LogP contribution in [0, 0.1) is 17.5 Å². The fourth-order valence-electron chi connectivity index (χ4n) is 3.38. The standard InChI is InChI=1S/C21H28F3N3O4/c1-5-17-19(29)25-6-7-27(17)18(28)10-13(26-20(30)31-21(2,3)4)8-12-9-15(23)16(24)11-14(12)22/h9,11,13,17H,5-8,10H2,1-4H3,(H,25,29)(H,26,30)/t13-,17-/m1/s1. The van der Waals surface area contributed by atoms with E-state index in [1.165, 1.54) is 4.90 Å². The predicted octanol–water partition coefficient (Wildman–Crippen LogP) is 2.67. The quantitative estimate of drug-likeness (QED) is 0.662. The van der Waals surface area contributed by atoms with E-state index in [9.17, 15) is 27.6 Å². The number of carbonyl (C=O) groups is 3. The molecule has 7 nitrogen and oxygen atoms in total. The second kappa shape index (κ2) is 10.0. The van der Waals surface area contributed by atoms with Gasteiger partial charge in [-0.25, -0.2) is 18.0 Å². The van der Waals surface area contributed by atoms with E-state index in [-0.39, 0.29) is 24.3 Å². The molecule has 1 aromatic rings. The second-order valence-electron chi connectivity index (χ2n) is 8.41. The fourth-order valence-corrected chi connectivity index (χ4v) is 3.38. The number of nitrogens with zero attached hydrogens (tertiary/aromatic N) is 1. The molecule has 0 saturated carbocycles. The van der Waals surface area contributed by atoms with Crippen LogP contribution < -0.4 is 10.6 Å². The van der Waals surface area contributed by atoms with Crippen molar-refractivity contribution in [2.75, 3.05) is 13.1 Å². The lowest BCUT2D eigenvalue weighted by atomic mass is 10.0. The van der Waals surface area contributed by atoms with E-state index in [4.69, 9.17) is 4.74 Å². The zero-order chi connectivity index (χ0) is 23.3. The van der Waals surface area contributed by atoms with Gasteiger partial charge >= 0.3 is 6.09 Å². The van der Waals surface area contributed by atoms with Crippen LogP contribution in [0.4, 0.5) is 18.0 Å². The van der Waals surface area contributed by atoms with Crippen molar-refractivity contribution in [1.82, 2.24) is 15.5 Å². The van der Waals surface area contributed by atoms with Crippen molar-refractivity contribution >= 4 is 17.9 Å². The molecule has 3 amide bonds. The molecule has 2 N–H and O–H groups in total. The van der Waals surface area contributed by atoms with Crippen LogP contribution in [0.2, 0.25) is 0 Å². The van der Waals surface area contributed by atoms with Crippen molar-refractivity contribution in [1.29, 1.82) is 0 Å². The Labute approximate surface area is 179 Å². The van der Waals surface area contributed by atoms with Gasteiger partial charge in [0.25, 0.3) is 0 Å². The normalized spacial score (nSPS) is 17.7. The summed E-state index contributed by atoms with van der Waals surface area (Å²) in [6.45, 7) is 7.31. The van der Waals surface area contributed by atoms with Gasteiger partial charge < -0.3 is 20.3 Å². The molecule has 0 aliphatic carbocycles. The number of rotatable bonds is 6. The summed E-state index contributed by atoms with van der Waals surface area (Å²) in [5.74, 6) is -4.26. The summed E-state index contributed by atoms with van der Waals surface area (Å²) in [4.78, 5) is 38.6. The van der Waals surface area contributed by atoms with E-state index in [1.807, 2.05) is 0 Å². The number of halogens is 3. The molecular weight excluding hydrogens is 415 g/mol. The number of ether oxygens (including phenoxy) is 1. The molecule has 0 unspecified atom stereocenters. The fraction of sp³-hybridized carbons (Fsp3) is 0.571. The smallest absolute Gasteiger partial charge is 0.407 e. The van der Waals surface area contributed by atoms with Crippen molar-refractivity contribution in [2.24, 2.45) is 0 Å². The van der Waals surface area contributed by atoms with Gasteiger partial charge in [0, 0.05) is 31.6 Å². The Morgan fingerprint density at radius 2 is 1.87 bits per heavy atom. The Hall–Kier alpha value is -2.78. The first kappa shape index (κ1) is 24.5. The zero-order valence-corrected chi connectivity index (χ0v) is 18.1. The minimum Gasteiger partial charge on any atom is -0.444 e. The highest BCUT2D eigenvalue weighted by atomic mass is 19.2. The van der Waals surface area contributed by atoms with E-state index in [2.05, 4.69) is 10.6 Å². The molecule has 1 heterocycles. The van der Waals surface area contributed by atoms with E-state index < -0.39 is 47.1 Å². The highest BCUT2D eigenvalue weighted by Gasteiger charge is 2.33. The van der Waals surface area contributed by atoms with E-state index in [1.54, 1.807) is 27.7 Å². The molecule has 2 rings (SSSR count). The third-order valence-corrected chi connectivity index (χ3v) is 4.74. The van der Waals surface area contributed by atoms with Crippen LogP contribution in [0.25, 0.3) is 0 Å². The second-order valence-corrected chi connectivity index (χ2v) is 8.41. The van der Waals surface area contributed by atoms with Gasteiger partial charge in [0.15, 0.2) is 11.6 Å². The molecule has 1 aliphatic heterocycles. The van der Waals surface area contributed by atoms with Gasteiger partial charge in [-0.2, -0.15) is 0 Å². The van der Waals surface area contributed by atoms with Crippen molar-refractivity contribution in [3.63, 3.8) is 0 Å². The summed E-state index contributed by atoms with van der Waals surface area (Å²) in [5, 5.41) is 5.19. The number of nitrogens with one attached hydrogen (secondary N) is 2. The molecule has 10 heteroatoms. The first-order chi connectivity index (χ1) is 14.4. The number of alkyl carbamates (subject to hydrolysis) is 1. The maximum absolute atomic E-state index is 14.2. The lowest BCUT2D eigenvalue weighted by Gasteiger charge is -2.35. The SMILES string of the molecule is CC[C@@H]1C(=O)NCCN1C(=O)C[C@@H](Cc1cc(F)c(F)cc1F)NC(=O)OC(C)(C)C. The lowest BCUT2D eigenvalue weighted by molar-refractivity contribution is -0.143. The molecule has 1 aliphatic rings. The summed E-state index contributed by atoms with van der Waals surface area (Å²) < 4.78 is 46.2. The molecule has 0 bridgehead atoms. The first-order valence-electron chi connectivity index (χ1n) is 10.1. The largest absolute Gasteiger partial charge is 0.444 e. The minimum absolute atomic E-state index is 0.198. The highest BCUT2D eigenvalue weighted by molar-refractivity contribution is 5.89. The number of piperazine rings is 1. The monoisotopic (exact) mass is 443 g/mol. The average molecular weight is 443 g/mol. The average Bonchev–Trinajstić information content (AvgIpc) is 2.64.